The number of aromatic nitrogens is 7. The van der Waals surface area contributed by atoms with Crippen molar-refractivity contribution >= 4 is 33.5 Å². The number of pyridine rings is 3. The van der Waals surface area contributed by atoms with Gasteiger partial charge in [0.1, 0.15) is 11.5 Å². The van der Waals surface area contributed by atoms with Gasteiger partial charge in [-0.2, -0.15) is 5.10 Å². The zero-order valence-electron chi connectivity index (χ0n) is 20.0. The summed E-state index contributed by atoms with van der Waals surface area (Å²) in [7, 11) is 0. The summed E-state index contributed by atoms with van der Waals surface area (Å²) in [6, 6.07) is 9.97. The summed E-state index contributed by atoms with van der Waals surface area (Å²) in [5.74, 6) is 0.0287. The quantitative estimate of drug-likeness (QED) is 0.298. The van der Waals surface area contributed by atoms with E-state index in [1.165, 1.54) is 12.1 Å². The van der Waals surface area contributed by atoms with Crippen molar-refractivity contribution in [2.45, 2.75) is 13.8 Å². The molecule has 1 amide bonds. The number of amides is 1. The van der Waals surface area contributed by atoms with E-state index in [9.17, 15) is 9.18 Å². The Morgan fingerprint density at radius 1 is 0.946 bits per heavy atom. The van der Waals surface area contributed by atoms with Gasteiger partial charge in [0, 0.05) is 34.8 Å². The number of hydrogen-bond donors (Lipinski definition) is 3. The molecule has 0 saturated heterocycles. The lowest BCUT2D eigenvalue weighted by Gasteiger charge is -2.08. The van der Waals surface area contributed by atoms with Crippen LogP contribution in [-0.4, -0.2) is 41.0 Å². The fourth-order valence-corrected chi connectivity index (χ4v) is 4.08. The summed E-state index contributed by atoms with van der Waals surface area (Å²) >= 11 is 0. The molecule has 6 aromatic rings. The fourth-order valence-electron chi connectivity index (χ4n) is 4.08. The number of fused-ring (bicyclic) bond motifs is 2. The molecular formula is C27H21FN8O. The van der Waals surface area contributed by atoms with E-state index in [0.29, 0.717) is 28.4 Å². The summed E-state index contributed by atoms with van der Waals surface area (Å²) in [5.41, 5.74) is 6.44. The van der Waals surface area contributed by atoms with Crippen LogP contribution in [0.3, 0.4) is 0 Å². The van der Waals surface area contributed by atoms with E-state index in [2.05, 4.69) is 35.5 Å². The number of carbonyl (C=O) groups is 1. The lowest BCUT2D eigenvalue weighted by atomic mass is 10.1. The van der Waals surface area contributed by atoms with Crippen LogP contribution >= 0.6 is 0 Å². The van der Waals surface area contributed by atoms with Crippen molar-refractivity contribution < 1.29 is 9.18 Å². The number of halogens is 1. The molecule has 37 heavy (non-hydrogen) atoms. The van der Waals surface area contributed by atoms with E-state index < -0.39 is 0 Å². The van der Waals surface area contributed by atoms with Crippen LogP contribution in [0.2, 0.25) is 0 Å². The van der Waals surface area contributed by atoms with Gasteiger partial charge in [-0.15, -0.1) is 0 Å². The predicted molar refractivity (Wildman–Crippen MR) is 139 cm³/mol. The Morgan fingerprint density at radius 3 is 2.57 bits per heavy atom. The van der Waals surface area contributed by atoms with Crippen molar-refractivity contribution in [3.05, 3.63) is 73.2 Å². The number of rotatable bonds is 5. The van der Waals surface area contributed by atoms with Crippen LogP contribution in [-0.2, 0) is 4.79 Å². The number of carbonyl (C=O) groups excluding carboxylic acids is 1. The van der Waals surface area contributed by atoms with Gasteiger partial charge in [0.25, 0.3) is 0 Å². The maximum absolute atomic E-state index is 13.4. The molecule has 0 unspecified atom stereocenters. The van der Waals surface area contributed by atoms with Crippen molar-refractivity contribution in [1.82, 2.24) is 35.1 Å². The first-order chi connectivity index (χ1) is 18.0. The van der Waals surface area contributed by atoms with E-state index in [4.69, 9.17) is 4.98 Å². The Hall–Kier alpha value is -4.99. The highest BCUT2D eigenvalue weighted by Crippen LogP contribution is 2.32. The van der Waals surface area contributed by atoms with Crippen molar-refractivity contribution in [3.63, 3.8) is 0 Å². The number of imidazole rings is 1. The van der Waals surface area contributed by atoms with Crippen LogP contribution in [0.1, 0.15) is 13.8 Å². The molecule has 0 aliphatic heterocycles. The number of nitrogens with one attached hydrogen (secondary N) is 3. The van der Waals surface area contributed by atoms with E-state index in [1.807, 2.05) is 26.0 Å². The molecule has 0 aliphatic rings. The molecule has 3 N–H and O–H groups in total. The number of nitrogens with zero attached hydrogens (tertiary/aromatic N) is 5. The second-order valence-electron chi connectivity index (χ2n) is 8.97. The minimum atomic E-state index is -0.304. The molecule has 5 heterocycles. The topological polar surface area (TPSA) is 125 Å². The van der Waals surface area contributed by atoms with Gasteiger partial charge in [0.2, 0.25) is 5.91 Å². The second kappa shape index (κ2) is 8.90. The largest absolute Gasteiger partial charge is 0.335 e. The third-order valence-electron chi connectivity index (χ3n) is 6.05. The molecule has 10 heteroatoms. The van der Waals surface area contributed by atoms with Crippen molar-refractivity contribution in [2.75, 3.05) is 5.32 Å². The lowest BCUT2D eigenvalue weighted by molar-refractivity contribution is -0.118. The van der Waals surface area contributed by atoms with Gasteiger partial charge in [-0.05, 0) is 29.8 Å². The third kappa shape index (κ3) is 4.18. The molecule has 9 nitrogen and oxygen atoms in total. The average molecular weight is 493 g/mol. The molecule has 5 aromatic heterocycles. The molecule has 0 atom stereocenters. The molecule has 0 saturated carbocycles. The number of H-pyrrole nitrogens is 2. The monoisotopic (exact) mass is 492 g/mol. The predicted octanol–water partition coefficient (Wildman–Crippen LogP) is 5.36. The van der Waals surface area contributed by atoms with E-state index in [0.717, 1.165) is 33.1 Å². The second-order valence-corrected chi connectivity index (χ2v) is 8.97. The third-order valence-corrected chi connectivity index (χ3v) is 6.05. The molecule has 0 bridgehead atoms. The lowest BCUT2D eigenvalue weighted by Crippen LogP contribution is -2.17. The van der Waals surface area contributed by atoms with Crippen LogP contribution < -0.4 is 5.32 Å². The summed E-state index contributed by atoms with van der Waals surface area (Å²) in [4.78, 5) is 33.4. The average Bonchev–Trinajstić information content (AvgIpc) is 3.53. The molecule has 1 aromatic carbocycles. The van der Waals surface area contributed by atoms with E-state index >= 15 is 0 Å². The van der Waals surface area contributed by atoms with Gasteiger partial charge < -0.3 is 10.3 Å². The van der Waals surface area contributed by atoms with Crippen LogP contribution in [0, 0.1) is 11.7 Å². The molecule has 0 spiro atoms. The summed E-state index contributed by atoms with van der Waals surface area (Å²) in [6.07, 6.45) is 8.41. The molecule has 0 aliphatic carbocycles. The van der Waals surface area contributed by atoms with Crippen LogP contribution in [0.15, 0.2) is 67.4 Å². The van der Waals surface area contributed by atoms with E-state index in [1.54, 1.807) is 43.1 Å². The molecule has 0 radical (unpaired) electrons. The first-order valence-corrected chi connectivity index (χ1v) is 11.7. The van der Waals surface area contributed by atoms with Crippen molar-refractivity contribution in [3.8, 4) is 33.9 Å². The Labute approximate surface area is 210 Å². The summed E-state index contributed by atoms with van der Waals surface area (Å²) in [6.45, 7) is 3.67. The Bertz CT molecular complexity index is 1770. The Kier molecular flexibility index (Phi) is 5.41. The Balaban J connectivity index is 1.41. The smallest absolute Gasteiger partial charge is 0.226 e. The minimum Gasteiger partial charge on any atom is -0.335 e. The van der Waals surface area contributed by atoms with Crippen molar-refractivity contribution in [2.24, 2.45) is 5.92 Å². The normalized spacial score (nSPS) is 11.5. The highest BCUT2D eigenvalue weighted by atomic mass is 19.1. The van der Waals surface area contributed by atoms with Crippen LogP contribution in [0.5, 0.6) is 0 Å². The zero-order chi connectivity index (χ0) is 25.5. The zero-order valence-corrected chi connectivity index (χ0v) is 20.0. The summed E-state index contributed by atoms with van der Waals surface area (Å²) < 4.78 is 13.4. The van der Waals surface area contributed by atoms with Gasteiger partial charge >= 0.3 is 0 Å². The first kappa shape index (κ1) is 22.5. The Morgan fingerprint density at radius 2 is 1.76 bits per heavy atom. The van der Waals surface area contributed by atoms with Crippen LogP contribution in [0.4, 0.5) is 10.1 Å². The molecular weight excluding hydrogens is 471 g/mol. The summed E-state index contributed by atoms with van der Waals surface area (Å²) in [5, 5.41) is 11.2. The van der Waals surface area contributed by atoms with E-state index in [-0.39, 0.29) is 17.6 Å². The number of hydrogen-bond acceptors (Lipinski definition) is 6. The molecule has 182 valence electrons. The number of aromatic amines is 2. The first-order valence-electron chi connectivity index (χ1n) is 11.7. The molecule has 6 rings (SSSR count). The van der Waals surface area contributed by atoms with Gasteiger partial charge in [-0.3, -0.25) is 24.8 Å². The maximum Gasteiger partial charge on any atom is 0.226 e. The number of benzene rings is 1. The number of anilines is 1. The maximum atomic E-state index is 13.4. The minimum absolute atomic E-state index is 0.0844. The fraction of sp³-hybridized carbons (Fsp3) is 0.111. The molecule has 0 fully saturated rings. The van der Waals surface area contributed by atoms with Gasteiger partial charge in [0.15, 0.2) is 5.82 Å². The highest BCUT2D eigenvalue weighted by Gasteiger charge is 2.17. The SMILES string of the molecule is CC(C)C(=O)Nc1cncc(-c2cc3c(-c4nc5c(-c6ccc(F)cc6)cncc5[nH]4)n[nH]c3cn2)c1. The van der Waals surface area contributed by atoms with Gasteiger partial charge in [0.05, 0.1) is 46.5 Å². The van der Waals surface area contributed by atoms with Crippen molar-refractivity contribution in [1.29, 1.82) is 0 Å². The van der Waals surface area contributed by atoms with Gasteiger partial charge in [-0.25, -0.2) is 9.37 Å². The van der Waals surface area contributed by atoms with Gasteiger partial charge in [-0.1, -0.05) is 26.0 Å². The van der Waals surface area contributed by atoms with Crippen LogP contribution in [0.25, 0.3) is 55.8 Å². The standard InChI is InChI=1S/C27H21FN8O/c1-14(2)27(37)32-18-7-16(9-29-10-18)21-8-19-22(13-31-21)35-36-25(19)26-33-23-12-30-11-20(24(23)34-26)15-3-5-17(28)6-4-15/h3-14H,1-2H3,(H,32,37)(H,33,34)(H,35,36). The highest BCUT2D eigenvalue weighted by molar-refractivity contribution is 5.97.